The van der Waals surface area contributed by atoms with E-state index < -0.39 is 8.07 Å². The van der Waals surface area contributed by atoms with E-state index in [0.717, 1.165) is 16.7 Å². The molecule has 0 radical (unpaired) electrons. The predicted molar refractivity (Wildman–Crippen MR) is 103 cm³/mol. The Balaban J connectivity index is 2.03. The molecular weight excluding hydrogens is 294 g/mol. The predicted octanol–water partition coefficient (Wildman–Crippen LogP) is 5.27. The van der Waals surface area contributed by atoms with Crippen LogP contribution in [0.5, 0.6) is 0 Å². The molecule has 0 amide bonds. The van der Waals surface area contributed by atoms with E-state index in [9.17, 15) is 0 Å². The highest BCUT2D eigenvalue weighted by Crippen LogP contribution is 2.26. The van der Waals surface area contributed by atoms with E-state index in [1.807, 2.05) is 13.0 Å². The van der Waals surface area contributed by atoms with Crippen LogP contribution in [0.2, 0.25) is 19.6 Å². The van der Waals surface area contributed by atoms with Crippen LogP contribution in [0, 0.1) is 6.92 Å². The standard InChI is InChI=1S/C21H23NSi/c1-16-14-21(18-8-6-5-7-9-18)22-15-20(16)17-10-12-19(13-11-17)23(2,3)4/h5-15H,1-4H3/i5D,6D,7D,8D. The lowest BCUT2D eigenvalue weighted by Gasteiger charge is -2.17. The van der Waals surface area contributed by atoms with Gasteiger partial charge in [0.2, 0.25) is 0 Å². The Kier molecular flexibility index (Phi) is 3.03. The highest BCUT2D eigenvalue weighted by molar-refractivity contribution is 6.88. The van der Waals surface area contributed by atoms with Crippen molar-refractivity contribution in [3.05, 3.63) is 72.3 Å². The molecule has 1 heterocycles. The lowest BCUT2D eigenvalue weighted by atomic mass is 10.0. The zero-order valence-electron chi connectivity index (χ0n) is 18.0. The fraction of sp³-hybridized carbons (Fsp3) is 0.190. The van der Waals surface area contributed by atoms with Crippen LogP contribution in [-0.2, 0) is 0 Å². The number of pyridine rings is 1. The number of aryl methyl sites for hydroxylation is 1. The Morgan fingerprint density at radius 1 is 0.913 bits per heavy atom. The van der Waals surface area contributed by atoms with Crippen molar-refractivity contribution in [3.8, 4) is 22.4 Å². The first-order chi connectivity index (χ1) is 12.6. The second kappa shape index (κ2) is 6.13. The molecule has 116 valence electrons. The van der Waals surface area contributed by atoms with Gasteiger partial charge in [-0.25, -0.2) is 0 Å². The van der Waals surface area contributed by atoms with Crippen molar-refractivity contribution in [3.63, 3.8) is 0 Å². The van der Waals surface area contributed by atoms with Crippen molar-refractivity contribution < 1.29 is 5.48 Å². The number of benzene rings is 2. The van der Waals surface area contributed by atoms with E-state index in [2.05, 4.69) is 48.9 Å². The van der Waals surface area contributed by atoms with Crippen molar-refractivity contribution >= 4 is 13.3 Å². The van der Waals surface area contributed by atoms with Gasteiger partial charge >= 0.3 is 0 Å². The smallest absolute Gasteiger partial charge is 0.0775 e. The third-order valence-corrected chi connectivity index (χ3v) is 6.06. The summed E-state index contributed by atoms with van der Waals surface area (Å²) in [5.74, 6) is 0. The normalized spacial score (nSPS) is 13.9. The summed E-state index contributed by atoms with van der Waals surface area (Å²) in [4.78, 5) is 4.49. The van der Waals surface area contributed by atoms with Gasteiger partial charge in [0, 0.05) is 17.3 Å². The van der Waals surface area contributed by atoms with Crippen molar-refractivity contribution in [2.75, 3.05) is 0 Å². The molecule has 0 aliphatic heterocycles. The third-order valence-electron chi connectivity index (χ3n) is 4.00. The second-order valence-corrected chi connectivity index (χ2v) is 11.9. The summed E-state index contributed by atoms with van der Waals surface area (Å²) < 4.78 is 31.5. The van der Waals surface area contributed by atoms with Gasteiger partial charge in [0.25, 0.3) is 0 Å². The van der Waals surface area contributed by atoms with Crippen molar-refractivity contribution in [1.29, 1.82) is 0 Å². The third kappa shape index (κ3) is 3.43. The molecule has 0 aliphatic carbocycles. The quantitative estimate of drug-likeness (QED) is 0.599. The van der Waals surface area contributed by atoms with Crippen LogP contribution in [0.1, 0.15) is 11.0 Å². The first kappa shape index (κ1) is 11.4. The molecular formula is C21H23NSi. The van der Waals surface area contributed by atoms with Gasteiger partial charge in [0.05, 0.1) is 19.3 Å². The lowest BCUT2D eigenvalue weighted by Crippen LogP contribution is -2.37. The van der Waals surface area contributed by atoms with Gasteiger partial charge in [-0.3, -0.25) is 4.98 Å². The zero-order chi connectivity index (χ0) is 19.9. The van der Waals surface area contributed by atoms with Crippen molar-refractivity contribution in [1.82, 2.24) is 4.98 Å². The molecule has 0 N–H and O–H groups in total. The first-order valence-electron chi connectivity index (χ1n) is 9.75. The van der Waals surface area contributed by atoms with Crippen LogP contribution in [0.3, 0.4) is 0 Å². The molecule has 0 aliphatic rings. The zero-order valence-corrected chi connectivity index (χ0v) is 15.0. The minimum atomic E-state index is -1.33. The Bertz CT molecular complexity index is 1010. The molecule has 3 rings (SSSR count). The number of hydrogen-bond donors (Lipinski definition) is 0. The summed E-state index contributed by atoms with van der Waals surface area (Å²) in [7, 11) is -1.33. The molecule has 2 aromatic carbocycles. The molecule has 0 saturated carbocycles. The summed E-state index contributed by atoms with van der Waals surface area (Å²) in [6.45, 7) is 8.97. The average Bonchev–Trinajstić information content (AvgIpc) is 2.62. The molecule has 1 nitrogen and oxygen atoms in total. The first-order valence-corrected chi connectivity index (χ1v) is 11.2. The molecule has 0 atom stereocenters. The molecule has 0 unspecified atom stereocenters. The van der Waals surface area contributed by atoms with E-state index in [-0.39, 0.29) is 24.2 Å². The minimum Gasteiger partial charge on any atom is -0.256 e. The molecule has 0 bridgehead atoms. The van der Waals surface area contributed by atoms with E-state index in [4.69, 9.17) is 5.48 Å². The highest BCUT2D eigenvalue weighted by atomic mass is 28.3. The van der Waals surface area contributed by atoms with E-state index in [1.165, 1.54) is 11.3 Å². The van der Waals surface area contributed by atoms with Crippen LogP contribution in [0.25, 0.3) is 22.4 Å². The number of nitrogens with zero attached hydrogens (tertiary/aromatic N) is 1. The topological polar surface area (TPSA) is 12.9 Å². The summed E-state index contributed by atoms with van der Waals surface area (Å²) in [6.07, 6.45) is 1.79. The summed E-state index contributed by atoms with van der Waals surface area (Å²) in [5.41, 5.74) is 4.13. The van der Waals surface area contributed by atoms with E-state index in [0.29, 0.717) is 11.3 Å². The van der Waals surface area contributed by atoms with Crippen molar-refractivity contribution in [2.24, 2.45) is 0 Å². The van der Waals surface area contributed by atoms with Gasteiger partial charge in [-0.1, -0.05) is 79.3 Å². The number of rotatable bonds is 3. The fourth-order valence-corrected chi connectivity index (χ4v) is 3.74. The summed E-state index contributed by atoms with van der Waals surface area (Å²) in [6, 6.07) is 11.4. The molecule has 2 heteroatoms. The second-order valence-electron chi connectivity index (χ2n) is 6.79. The highest BCUT2D eigenvalue weighted by Gasteiger charge is 2.16. The molecule has 3 aromatic rings. The van der Waals surface area contributed by atoms with Gasteiger partial charge < -0.3 is 0 Å². The van der Waals surface area contributed by atoms with Gasteiger partial charge in [0.15, 0.2) is 0 Å². The summed E-state index contributed by atoms with van der Waals surface area (Å²) >= 11 is 0. The van der Waals surface area contributed by atoms with Crippen molar-refractivity contribution in [2.45, 2.75) is 26.6 Å². The summed E-state index contributed by atoms with van der Waals surface area (Å²) in [5, 5.41) is 1.41. The molecule has 0 fully saturated rings. The SMILES string of the molecule is [2H]c1cc(-c2cc(C)c(-c3ccc([Si](C)(C)C)cc3)cn2)c([2H])c([2H])c1[2H]. The van der Waals surface area contributed by atoms with Crippen LogP contribution in [-0.4, -0.2) is 13.1 Å². The van der Waals surface area contributed by atoms with Crippen LogP contribution >= 0.6 is 0 Å². The minimum absolute atomic E-state index is 0.0588. The monoisotopic (exact) mass is 321 g/mol. The van der Waals surface area contributed by atoms with Crippen LogP contribution in [0.4, 0.5) is 0 Å². The number of hydrogen-bond acceptors (Lipinski definition) is 1. The molecule has 0 saturated heterocycles. The average molecular weight is 322 g/mol. The molecule has 23 heavy (non-hydrogen) atoms. The Morgan fingerprint density at radius 3 is 2.30 bits per heavy atom. The van der Waals surface area contributed by atoms with Crippen LogP contribution in [0.15, 0.2) is 66.8 Å². The van der Waals surface area contributed by atoms with Gasteiger partial charge in [0.1, 0.15) is 0 Å². The fourth-order valence-electron chi connectivity index (χ4n) is 2.57. The van der Waals surface area contributed by atoms with Gasteiger partial charge in [-0.2, -0.15) is 0 Å². The Labute approximate surface area is 145 Å². The maximum Gasteiger partial charge on any atom is 0.0775 e. The lowest BCUT2D eigenvalue weighted by molar-refractivity contribution is 1.29. The van der Waals surface area contributed by atoms with Gasteiger partial charge in [-0.05, 0) is 24.1 Å². The van der Waals surface area contributed by atoms with Gasteiger partial charge in [-0.15, -0.1) is 0 Å². The maximum atomic E-state index is 8.11. The van der Waals surface area contributed by atoms with Crippen LogP contribution < -0.4 is 5.19 Å². The largest absolute Gasteiger partial charge is 0.256 e. The molecule has 0 spiro atoms. The van der Waals surface area contributed by atoms with E-state index in [1.54, 1.807) is 6.20 Å². The van der Waals surface area contributed by atoms with E-state index >= 15 is 0 Å². The maximum absolute atomic E-state index is 8.11. The molecule has 1 aromatic heterocycles. The Morgan fingerprint density at radius 2 is 1.65 bits per heavy atom. The number of aromatic nitrogens is 1. The Hall–Kier alpha value is -2.19.